The summed E-state index contributed by atoms with van der Waals surface area (Å²) in [6, 6.07) is 0. The Kier molecular flexibility index (Phi) is 4.80. The molecule has 5 heteroatoms. The monoisotopic (exact) mass is 320 g/mol. The molecule has 0 saturated heterocycles. The third kappa shape index (κ3) is 3.91. The fraction of sp³-hybridized carbons (Fsp3) is 0.556. The summed E-state index contributed by atoms with van der Waals surface area (Å²) >= 11 is 0. The maximum atomic E-state index is 12.4. The van der Waals surface area contributed by atoms with E-state index >= 15 is 0 Å². The summed E-state index contributed by atoms with van der Waals surface area (Å²) in [7, 11) is 0. The van der Waals surface area contributed by atoms with E-state index in [4.69, 9.17) is 9.47 Å². The zero-order chi connectivity index (χ0) is 17.4. The lowest BCUT2D eigenvalue weighted by Gasteiger charge is -2.38. The highest BCUT2D eigenvalue weighted by Crippen LogP contribution is 2.42. The maximum absolute atomic E-state index is 12.4. The fourth-order valence-corrected chi connectivity index (χ4v) is 2.81. The van der Waals surface area contributed by atoms with Crippen LogP contribution in [0.1, 0.15) is 53.9 Å². The van der Waals surface area contributed by atoms with Crippen LogP contribution in [-0.2, 0) is 19.1 Å². The molecule has 2 rings (SSSR count). The first-order valence-electron chi connectivity index (χ1n) is 7.79. The first-order valence-corrected chi connectivity index (χ1v) is 7.79. The van der Waals surface area contributed by atoms with Crippen molar-refractivity contribution in [3.05, 3.63) is 34.3 Å². The molecule has 126 valence electrons. The molecule has 1 unspecified atom stereocenters. The quantitative estimate of drug-likeness (QED) is 0.639. The minimum atomic E-state index is -1.12. The number of aliphatic hydroxyl groups is 1. The Morgan fingerprint density at radius 2 is 2.04 bits per heavy atom. The van der Waals surface area contributed by atoms with Crippen molar-refractivity contribution in [2.24, 2.45) is 0 Å². The Labute approximate surface area is 136 Å². The van der Waals surface area contributed by atoms with E-state index in [1.807, 2.05) is 33.8 Å². The third-order valence-corrected chi connectivity index (χ3v) is 3.83. The maximum Gasteiger partial charge on any atom is 0.307 e. The molecule has 1 atom stereocenters. The molecule has 0 aromatic rings. The first-order chi connectivity index (χ1) is 10.6. The smallest absolute Gasteiger partial charge is 0.307 e. The Balaban J connectivity index is 2.59. The van der Waals surface area contributed by atoms with Gasteiger partial charge in [0.25, 0.3) is 0 Å². The number of rotatable bonds is 3. The number of allylic oxidation sites excluding steroid dienone is 3. The normalized spacial score (nSPS) is 23.2. The molecule has 1 aliphatic heterocycles. The topological polar surface area (TPSA) is 72.8 Å². The van der Waals surface area contributed by atoms with Crippen molar-refractivity contribution in [3.8, 4) is 0 Å². The lowest BCUT2D eigenvalue weighted by Crippen LogP contribution is -2.38. The second-order valence-electron chi connectivity index (χ2n) is 6.91. The van der Waals surface area contributed by atoms with Gasteiger partial charge in [-0.1, -0.05) is 11.6 Å². The van der Waals surface area contributed by atoms with Gasteiger partial charge in [0, 0.05) is 30.9 Å². The van der Waals surface area contributed by atoms with Gasteiger partial charge in [-0.2, -0.15) is 0 Å². The molecule has 0 radical (unpaired) electrons. The van der Waals surface area contributed by atoms with Crippen molar-refractivity contribution in [2.45, 2.75) is 65.6 Å². The second kappa shape index (κ2) is 6.32. The number of hydrogen-bond acceptors (Lipinski definition) is 5. The molecule has 2 aliphatic rings. The van der Waals surface area contributed by atoms with Gasteiger partial charge in [-0.15, -0.1) is 0 Å². The molecule has 0 amide bonds. The standard InChI is InChI=1S/C18H24O5/c1-10(2)6-7-12-16(21)14(20)8-13-15(22-11(3)19)9-18(4,5)23-17(12)13/h6,14,20H,7-9H2,1-5H3. The highest BCUT2D eigenvalue weighted by Gasteiger charge is 2.41. The molecule has 5 nitrogen and oxygen atoms in total. The van der Waals surface area contributed by atoms with Gasteiger partial charge in [-0.3, -0.25) is 9.59 Å². The third-order valence-electron chi connectivity index (χ3n) is 3.83. The van der Waals surface area contributed by atoms with Crippen LogP contribution in [0.4, 0.5) is 0 Å². The van der Waals surface area contributed by atoms with Gasteiger partial charge >= 0.3 is 5.97 Å². The van der Waals surface area contributed by atoms with E-state index in [0.717, 1.165) is 5.57 Å². The minimum Gasteiger partial charge on any atom is -0.487 e. The average molecular weight is 320 g/mol. The van der Waals surface area contributed by atoms with Crippen LogP contribution in [0, 0.1) is 0 Å². The van der Waals surface area contributed by atoms with Crippen LogP contribution in [0.2, 0.25) is 0 Å². The summed E-state index contributed by atoms with van der Waals surface area (Å²) in [5, 5.41) is 10.1. The van der Waals surface area contributed by atoms with Crippen LogP contribution >= 0.6 is 0 Å². The summed E-state index contributed by atoms with van der Waals surface area (Å²) in [6.07, 6.45) is 1.73. The lowest BCUT2D eigenvalue weighted by molar-refractivity contribution is -0.138. The van der Waals surface area contributed by atoms with E-state index in [1.54, 1.807) is 0 Å². The number of esters is 1. The molecule has 0 aromatic carbocycles. The summed E-state index contributed by atoms with van der Waals surface area (Å²) in [5.41, 5.74) is 1.57. The number of fused-ring (bicyclic) bond motifs is 1. The number of hydrogen-bond donors (Lipinski definition) is 1. The summed E-state index contributed by atoms with van der Waals surface area (Å²) in [4.78, 5) is 23.8. The van der Waals surface area contributed by atoms with Crippen molar-refractivity contribution in [2.75, 3.05) is 0 Å². The van der Waals surface area contributed by atoms with Gasteiger partial charge in [-0.25, -0.2) is 0 Å². The minimum absolute atomic E-state index is 0.116. The second-order valence-corrected chi connectivity index (χ2v) is 6.91. The summed E-state index contributed by atoms with van der Waals surface area (Å²) < 4.78 is 11.4. The van der Waals surface area contributed by atoms with Gasteiger partial charge < -0.3 is 14.6 Å². The number of ketones is 1. The number of ether oxygens (including phenoxy) is 2. The van der Waals surface area contributed by atoms with E-state index in [1.165, 1.54) is 6.92 Å². The van der Waals surface area contributed by atoms with Crippen LogP contribution in [0.3, 0.4) is 0 Å². The van der Waals surface area contributed by atoms with Gasteiger partial charge in [0.15, 0.2) is 5.78 Å². The lowest BCUT2D eigenvalue weighted by atomic mass is 9.83. The largest absolute Gasteiger partial charge is 0.487 e. The van der Waals surface area contributed by atoms with Crippen molar-refractivity contribution in [3.63, 3.8) is 0 Å². The molecular weight excluding hydrogens is 296 g/mol. The fourth-order valence-electron chi connectivity index (χ4n) is 2.81. The van der Waals surface area contributed by atoms with Crippen LogP contribution in [-0.4, -0.2) is 28.6 Å². The molecule has 1 heterocycles. The predicted octanol–water partition coefficient (Wildman–Crippen LogP) is 2.95. The summed E-state index contributed by atoms with van der Waals surface area (Å²) in [6.45, 7) is 9.00. The van der Waals surface area contributed by atoms with Gasteiger partial charge in [0.05, 0.1) is 0 Å². The molecule has 1 aliphatic carbocycles. The zero-order valence-electron chi connectivity index (χ0n) is 14.4. The predicted molar refractivity (Wildman–Crippen MR) is 85.3 cm³/mol. The number of carbonyl (C=O) groups excluding carboxylic acids is 2. The van der Waals surface area contributed by atoms with Crippen LogP contribution in [0.5, 0.6) is 0 Å². The Bertz CT molecular complexity index is 630. The molecule has 0 aromatic heterocycles. The van der Waals surface area contributed by atoms with E-state index < -0.39 is 17.7 Å². The molecule has 0 saturated carbocycles. The Morgan fingerprint density at radius 1 is 1.39 bits per heavy atom. The molecular formula is C18H24O5. The Morgan fingerprint density at radius 3 is 2.61 bits per heavy atom. The number of aliphatic hydroxyl groups excluding tert-OH is 1. The van der Waals surface area contributed by atoms with E-state index in [9.17, 15) is 14.7 Å². The van der Waals surface area contributed by atoms with Gasteiger partial charge in [-0.05, 0) is 34.1 Å². The van der Waals surface area contributed by atoms with E-state index in [2.05, 4.69) is 0 Å². The van der Waals surface area contributed by atoms with Crippen LogP contribution in [0.25, 0.3) is 0 Å². The van der Waals surface area contributed by atoms with Crippen molar-refractivity contribution in [1.29, 1.82) is 0 Å². The molecule has 0 fully saturated rings. The van der Waals surface area contributed by atoms with Crippen molar-refractivity contribution in [1.82, 2.24) is 0 Å². The van der Waals surface area contributed by atoms with Crippen LogP contribution < -0.4 is 0 Å². The highest BCUT2D eigenvalue weighted by molar-refractivity contribution is 6.01. The molecule has 1 N–H and O–H groups in total. The Hall–Kier alpha value is -1.88. The van der Waals surface area contributed by atoms with E-state index in [-0.39, 0.29) is 12.2 Å². The van der Waals surface area contributed by atoms with Crippen molar-refractivity contribution >= 4 is 11.8 Å². The van der Waals surface area contributed by atoms with Crippen molar-refractivity contribution < 1.29 is 24.2 Å². The molecule has 23 heavy (non-hydrogen) atoms. The van der Waals surface area contributed by atoms with Crippen LogP contribution in [0.15, 0.2) is 34.3 Å². The van der Waals surface area contributed by atoms with E-state index in [0.29, 0.717) is 35.5 Å². The average Bonchev–Trinajstić information content (AvgIpc) is 2.39. The summed E-state index contributed by atoms with van der Waals surface area (Å²) in [5.74, 6) is 0.221. The number of Topliss-reactive ketones (excluding diaryl/α,β-unsaturated/α-hetero) is 1. The SMILES string of the molecule is CC(=O)OC1=C2CC(O)C(=O)C(CC=C(C)C)=C2OC(C)(C)C1. The molecule has 0 bridgehead atoms. The van der Waals surface area contributed by atoms with Gasteiger partial charge in [0.2, 0.25) is 0 Å². The zero-order valence-corrected chi connectivity index (χ0v) is 14.4. The highest BCUT2D eigenvalue weighted by atomic mass is 16.5. The first kappa shape index (κ1) is 17.5. The molecule has 0 spiro atoms. The number of carbonyl (C=O) groups is 2. The van der Waals surface area contributed by atoms with Gasteiger partial charge in [0.1, 0.15) is 23.2 Å².